The third kappa shape index (κ3) is 5.37. The topological polar surface area (TPSA) is 29.5 Å². The molecule has 0 fully saturated rings. The molecule has 0 aromatic heterocycles. The minimum atomic E-state index is -0.250. The Balaban J connectivity index is 2.09. The first-order valence-corrected chi connectivity index (χ1v) is 6.38. The van der Waals surface area contributed by atoms with Crippen LogP contribution in [0.5, 0.6) is 5.75 Å². The molecular weight excluding hydrogens is 227 g/mol. The molecule has 1 aromatic rings. The van der Waals surface area contributed by atoms with Crippen molar-refractivity contribution in [3.05, 3.63) is 30.1 Å². The van der Waals surface area contributed by atoms with Crippen LogP contribution < -0.4 is 4.74 Å². The number of benzene rings is 1. The molecule has 2 nitrogen and oxygen atoms in total. The highest BCUT2D eigenvalue weighted by molar-refractivity contribution is 7.99. The molecule has 0 aliphatic heterocycles. The van der Waals surface area contributed by atoms with Crippen LogP contribution in [0.25, 0.3) is 0 Å². The Morgan fingerprint density at radius 2 is 2.06 bits per heavy atom. The van der Waals surface area contributed by atoms with E-state index < -0.39 is 0 Å². The van der Waals surface area contributed by atoms with Gasteiger partial charge in [0.25, 0.3) is 0 Å². The predicted molar refractivity (Wildman–Crippen MR) is 65.5 cm³/mol. The molecule has 0 saturated carbocycles. The maximum absolute atomic E-state index is 12.6. The average Bonchev–Trinajstić information content (AvgIpc) is 2.31. The highest BCUT2D eigenvalue weighted by Crippen LogP contribution is 2.13. The molecule has 0 spiro atoms. The molecule has 0 heterocycles. The summed E-state index contributed by atoms with van der Waals surface area (Å²) in [5.41, 5.74) is 0. The summed E-state index contributed by atoms with van der Waals surface area (Å²) in [5.74, 6) is 1.41. The van der Waals surface area contributed by atoms with E-state index >= 15 is 0 Å². The fourth-order valence-corrected chi connectivity index (χ4v) is 1.91. The fraction of sp³-hybridized carbons (Fsp3) is 0.500. The normalized spacial score (nSPS) is 12.4. The van der Waals surface area contributed by atoms with Gasteiger partial charge in [-0.05, 0) is 36.4 Å². The van der Waals surface area contributed by atoms with Gasteiger partial charge in [0.1, 0.15) is 11.6 Å². The Kier molecular flexibility index (Phi) is 6.26. The number of aliphatic hydroxyl groups is 1. The second-order valence-electron chi connectivity index (χ2n) is 3.52. The Morgan fingerprint density at radius 3 is 2.69 bits per heavy atom. The van der Waals surface area contributed by atoms with Gasteiger partial charge in [-0.15, -0.1) is 0 Å². The summed E-state index contributed by atoms with van der Waals surface area (Å²) in [6.07, 6.45) is 0.923. The molecule has 1 rings (SSSR count). The van der Waals surface area contributed by atoms with Crippen molar-refractivity contribution in [3.8, 4) is 5.75 Å². The summed E-state index contributed by atoms with van der Waals surface area (Å²) < 4.78 is 18.0. The van der Waals surface area contributed by atoms with Crippen molar-refractivity contribution in [2.24, 2.45) is 0 Å². The first-order valence-electron chi connectivity index (χ1n) is 5.33. The molecule has 0 amide bonds. The third-order valence-corrected chi connectivity index (χ3v) is 3.27. The summed E-state index contributed by atoms with van der Waals surface area (Å²) in [5, 5.41) is 9.09. The first kappa shape index (κ1) is 13.3. The number of hydrogen-bond acceptors (Lipinski definition) is 3. The zero-order chi connectivity index (χ0) is 11.8. The maximum atomic E-state index is 12.6. The van der Waals surface area contributed by atoms with E-state index in [1.54, 1.807) is 23.9 Å². The van der Waals surface area contributed by atoms with E-state index in [0.29, 0.717) is 12.4 Å². The summed E-state index contributed by atoms with van der Waals surface area (Å²) >= 11 is 1.72. The lowest BCUT2D eigenvalue weighted by atomic mass is 10.3. The lowest BCUT2D eigenvalue weighted by molar-refractivity contribution is 0.299. The van der Waals surface area contributed by atoms with Crippen molar-refractivity contribution in [1.29, 1.82) is 0 Å². The van der Waals surface area contributed by atoms with Crippen LogP contribution in [-0.4, -0.2) is 29.3 Å². The Hall–Kier alpha value is -0.740. The molecular formula is C12H17FO2S. The zero-order valence-electron chi connectivity index (χ0n) is 9.36. The van der Waals surface area contributed by atoms with E-state index in [-0.39, 0.29) is 17.7 Å². The van der Waals surface area contributed by atoms with Gasteiger partial charge in [0.2, 0.25) is 0 Å². The van der Waals surface area contributed by atoms with Crippen LogP contribution in [0, 0.1) is 5.82 Å². The van der Waals surface area contributed by atoms with Gasteiger partial charge in [-0.1, -0.05) is 6.92 Å². The number of rotatable bonds is 7. The predicted octanol–water partition coefficient (Wildman–Crippen LogP) is 2.71. The Bertz CT molecular complexity index is 290. The minimum absolute atomic E-state index is 0.212. The van der Waals surface area contributed by atoms with E-state index in [1.165, 1.54) is 12.1 Å². The molecule has 0 aliphatic rings. The highest BCUT2D eigenvalue weighted by atomic mass is 32.2. The largest absolute Gasteiger partial charge is 0.494 e. The number of aliphatic hydroxyl groups excluding tert-OH is 1. The molecule has 1 atom stereocenters. The van der Waals surface area contributed by atoms with Gasteiger partial charge >= 0.3 is 0 Å². The third-order valence-electron chi connectivity index (χ3n) is 2.03. The second-order valence-corrected chi connectivity index (χ2v) is 5.07. The van der Waals surface area contributed by atoms with Gasteiger partial charge in [-0.25, -0.2) is 4.39 Å². The monoisotopic (exact) mass is 244 g/mol. The fourth-order valence-electron chi connectivity index (χ4n) is 1.12. The van der Waals surface area contributed by atoms with E-state index in [9.17, 15) is 4.39 Å². The average molecular weight is 244 g/mol. The summed E-state index contributed by atoms with van der Waals surface area (Å²) in [6.45, 7) is 2.83. The van der Waals surface area contributed by atoms with Crippen molar-refractivity contribution < 1.29 is 14.2 Å². The first-order chi connectivity index (χ1) is 7.72. The van der Waals surface area contributed by atoms with E-state index in [4.69, 9.17) is 9.84 Å². The van der Waals surface area contributed by atoms with Crippen LogP contribution in [0.15, 0.2) is 24.3 Å². The summed E-state index contributed by atoms with van der Waals surface area (Å²) in [4.78, 5) is 0. The van der Waals surface area contributed by atoms with Gasteiger partial charge in [0.15, 0.2) is 0 Å². The summed E-state index contributed by atoms with van der Waals surface area (Å²) in [6, 6.07) is 6.02. The van der Waals surface area contributed by atoms with Crippen molar-refractivity contribution in [2.75, 3.05) is 19.0 Å². The smallest absolute Gasteiger partial charge is 0.123 e. The number of halogens is 1. The highest BCUT2D eigenvalue weighted by Gasteiger charge is 1.99. The quantitative estimate of drug-likeness (QED) is 0.748. The van der Waals surface area contributed by atoms with Crippen LogP contribution in [-0.2, 0) is 0 Å². The van der Waals surface area contributed by atoms with Gasteiger partial charge in [-0.2, -0.15) is 11.8 Å². The minimum Gasteiger partial charge on any atom is -0.494 e. The molecule has 1 aromatic carbocycles. The van der Waals surface area contributed by atoms with Crippen LogP contribution in [0.3, 0.4) is 0 Å². The lowest BCUT2D eigenvalue weighted by Crippen LogP contribution is -2.05. The van der Waals surface area contributed by atoms with Crippen LogP contribution in [0.4, 0.5) is 4.39 Å². The van der Waals surface area contributed by atoms with Crippen molar-refractivity contribution in [3.63, 3.8) is 0 Å². The lowest BCUT2D eigenvalue weighted by Gasteiger charge is -2.08. The SMILES string of the molecule is CC(CO)SCCCOc1ccc(F)cc1. The van der Waals surface area contributed by atoms with Crippen molar-refractivity contribution in [2.45, 2.75) is 18.6 Å². The van der Waals surface area contributed by atoms with Gasteiger partial charge in [0.05, 0.1) is 13.2 Å². The summed E-state index contributed by atoms with van der Waals surface area (Å²) in [7, 11) is 0. The zero-order valence-corrected chi connectivity index (χ0v) is 10.2. The number of ether oxygens (including phenoxy) is 1. The molecule has 0 bridgehead atoms. The molecule has 0 saturated heterocycles. The molecule has 0 radical (unpaired) electrons. The van der Waals surface area contributed by atoms with E-state index in [1.807, 2.05) is 6.92 Å². The van der Waals surface area contributed by atoms with Gasteiger partial charge in [0, 0.05) is 5.25 Å². The van der Waals surface area contributed by atoms with E-state index in [0.717, 1.165) is 12.2 Å². The number of thioether (sulfide) groups is 1. The standard InChI is InChI=1S/C12H17FO2S/c1-10(9-14)16-8-2-7-15-12-5-3-11(13)4-6-12/h3-6,10,14H,2,7-9H2,1H3. The van der Waals surface area contributed by atoms with Crippen LogP contribution in [0.1, 0.15) is 13.3 Å². The molecule has 1 unspecified atom stereocenters. The Morgan fingerprint density at radius 1 is 1.38 bits per heavy atom. The molecule has 16 heavy (non-hydrogen) atoms. The molecule has 90 valence electrons. The second kappa shape index (κ2) is 7.52. The van der Waals surface area contributed by atoms with Gasteiger partial charge < -0.3 is 9.84 Å². The molecule has 0 aliphatic carbocycles. The number of hydrogen-bond donors (Lipinski definition) is 1. The maximum Gasteiger partial charge on any atom is 0.123 e. The van der Waals surface area contributed by atoms with Crippen molar-refractivity contribution in [1.82, 2.24) is 0 Å². The van der Waals surface area contributed by atoms with Crippen LogP contribution >= 0.6 is 11.8 Å². The molecule has 1 N–H and O–H groups in total. The van der Waals surface area contributed by atoms with E-state index in [2.05, 4.69) is 0 Å². The Labute approximate surface area is 99.8 Å². The van der Waals surface area contributed by atoms with Crippen LogP contribution in [0.2, 0.25) is 0 Å². The van der Waals surface area contributed by atoms with Crippen molar-refractivity contribution >= 4 is 11.8 Å². The molecule has 4 heteroatoms. The van der Waals surface area contributed by atoms with Gasteiger partial charge in [-0.3, -0.25) is 0 Å².